The molecule has 0 aromatic heterocycles. The highest BCUT2D eigenvalue weighted by atomic mass is 79.9. The molecule has 6 nitrogen and oxygen atoms in total. The van der Waals surface area contributed by atoms with Gasteiger partial charge in [0.05, 0.1) is 15.8 Å². The molecule has 0 atom stereocenters. The Morgan fingerprint density at radius 1 is 0.714 bits per heavy atom. The van der Waals surface area contributed by atoms with Crippen LogP contribution in [0.1, 0.15) is 16.7 Å². The molecule has 0 aliphatic carbocycles. The Kier molecular flexibility index (Phi) is 7.42. The van der Waals surface area contributed by atoms with Crippen LogP contribution in [-0.2, 0) is 16.2 Å². The van der Waals surface area contributed by atoms with Gasteiger partial charge >= 0.3 is 6.03 Å². The van der Waals surface area contributed by atoms with E-state index in [0.717, 1.165) is 31.7 Å². The number of hydrogen-bond donors (Lipinski definition) is 0. The number of benzene rings is 5. The number of rotatable bonds is 6. The molecule has 1 aliphatic heterocycles. The molecule has 5 aromatic carbocycles. The summed E-state index contributed by atoms with van der Waals surface area (Å²) in [5.74, 6) is -0.754. The summed E-state index contributed by atoms with van der Waals surface area (Å²) < 4.78 is 6.87. The third kappa shape index (κ3) is 5.10. The van der Waals surface area contributed by atoms with Crippen LogP contribution in [0, 0.1) is 6.92 Å². The van der Waals surface area contributed by atoms with Crippen molar-refractivity contribution in [3.8, 4) is 5.75 Å². The average Bonchev–Trinajstić information content (AvgIpc) is 3.01. The van der Waals surface area contributed by atoms with Crippen molar-refractivity contribution >= 4 is 62.0 Å². The molecule has 5 aromatic rings. The molecule has 0 radical (unpaired) electrons. The number of carbonyl (C=O) groups is 3. The lowest BCUT2D eigenvalue weighted by Gasteiger charge is -2.33. The van der Waals surface area contributed by atoms with Gasteiger partial charge in [-0.25, -0.2) is 14.6 Å². The second-order valence-electron chi connectivity index (χ2n) is 9.85. The molecule has 1 saturated heterocycles. The first-order chi connectivity index (χ1) is 20.4. The van der Waals surface area contributed by atoms with Crippen LogP contribution in [0.25, 0.3) is 16.8 Å². The molecular weight excluding hydrogens is 592 g/mol. The molecule has 0 bridgehead atoms. The predicted molar refractivity (Wildman–Crippen MR) is 168 cm³/mol. The van der Waals surface area contributed by atoms with Crippen molar-refractivity contribution in [1.82, 2.24) is 0 Å². The first kappa shape index (κ1) is 27.2. The summed E-state index contributed by atoms with van der Waals surface area (Å²) in [4.78, 5) is 42.8. The quantitative estimate of drug-likeness (QED) is 0.143. The Labute approximate surface area is 251 Å². The largest absolute Gasteiger partial charge is 0.488 e. The molecule has 0 saturated carbocycles. The molecule has 42 heavy (non-hydrogen) atoms. The van der Waals surface area contributed by atoms with E-state index in [1.165, 1.54) is 6.08 Å². The number of imide groups is 2. The first-order valence-electron chi connectivity index (χ1n) is 13.4. The van der Waals surface area contributed by atoms with E-state index < -0.39 is 17.8 Å². The zero-order valence-corrected chi connectivity index (χ0v) is 24.2. The number of para-hydroxylation sites is 2. The van der Waals surface area contributed by atoms with Gasteiger partial charge in [-0.15, -0.1) is 0 Å². The number of halogens is 1. The number of ether oxygens (including phenoxy) is 1. The SMILES string of the molecule is Cc1ccc2ccccc2c1COc1ccc(C=C2C(=O)N(c3ccccc3)C(=O)N(c3ccccc3)C2=O)cc1Br. The number of aryl methyl sites for hydroxylation is 1. The molecule has 6 rings (SSSR count). The second-order valence-corrected chi connectivity index (χ2v) is 10.7. The van der Waals surface area contributed by atoms with Crippen molar-refractivity contribution in [2.75, 3.05) is 9.80 Å². The maximum absolute atomic E-state index is 13.6. The molecule has 7 heteroatoms. The number of nitrogens with zero attached hydrogens (tertiary/aromatic N) is 2. The third-order valence-corrected chi connectivity index (χ3v) is 7.81. The van der Waals surface area contributed by atoms with E-state index in [0.29, 0.717) is 33.8 Å². The molecular formula is C35H25BrN2O4. The first-order valence-corrected chi connectivity index (χ1v) is 14.2. The van der Waals surface area contributed by atoms with E-state index in [1.807, 2.05) is 12.1 Å². The van der Waals surface area contributed by atoms with Gasteiger partial charge in [0.15, 0.2) is 0 Å². The summed E-state index contributed by atoms with van der Waals surface area (Å²) in [7, 11) is 0. The molecule has 0 N–H and O–H groups in total. The fourth-order valence-corrected chi connectivity index (χ4v) is 5.53. The summed E-state index contributed by atoms with van der Waals surface area (Å²) in [6.45, 7) is 2.44. The van der Waals surface area contributed by atoms with Gasteiger partial charge in [-0.05, 0) is 87.2 Å². The van der Waals surface area contributed by atoms with Crippen molar-refractivity contribution in [2.45, 2.75) is 13.5 Å². The van der Waals surface area contributed by atoms with Gasteiger partial charge in [0.25, 0.3) is 11.8 Å². The predicted octanol–water partition coefficient (Wildman–Crippen LogP) is 8.07. The highest BCUT2D eigenvalue weighted by molar-refractivity contribution is 9.10. The Hall–Kier alpha value is -5.01. The normalized spacial score (nSPS) is 13.6. The molecule has 1 fully saturated rings. The Morgan fingerprint density at radius 2 is 1.31 bits per heavy atom. The number of barbiturate groups is 1. The van der Waals surface area contributed by atoms with Gasteiger partial charge in [-0.3, -0.25) is 9.59 Å². The third-order valence-electron chi connectivity index (χ3n) is 7.19. The van der Waals surface area contributed by atoms with Crippen LogP contribution in [0.2, 0.25) is 0 Å². The lowest BCUT2D eigenvalue weighted by atomic mass is 10.0. The summed E-state index contributed by atoms with van der Waals surface area (Å²) in [5.41, 5.74) is 3.47. The Bertz CT molecular complexity index is 1810. The van der Waals surface area contributed by atoms with Gasteiger partial charge in [0.2, 0.25) is 0 Å². The van der Waals surface area contributed by atoms with Crippen LogP contribution < -0.4 is 14.5 Å². The fraction of sp³-hybridized carbons (Fsp3) is 0.0571. The summed E-state index contributed by atoms with van der Waals surface area (Å²) in [5, 5.41) is 2.29. The number of hydrogen-bond acceptors (Lipinski definition) is 4. The highest BCUT2D eigenvalue weighted by Crippen LogP contribution is 2.32. The van der Waals surface area contributed by atoms with Crippen molar-refractivity contribution in [2.24, 2.45) is 0 Å². The van der Waals surface area contributed by atoms with Crippen LogP contribution in [0.15, 0.2) is 125 Å². The van der Waals surface area contributed by atoms with Crippen LogP contribution in [0.4, 0.5) is 16.2 Å². The average molecular weight is 617 g/mol. The number of carbonyl (C=O) groups excluding carboxylic acids is 3. The van der Waals surface area contributed by atoms with Crippen LogP contribution >= 0.6 is 15.9 Å². The van der Waals surface area contributed by atoms with E-state index in [4.69, 9.17) is 4.74 Å². The van der Waals surface area contributed by atoms with E-state index in [-0.39, 0.29) is 5.57 Å². The minimum Gasteiger partial charge on any atom is -0.488 e. The maximum atomic E-state index is 13.6. The van der Waals surface area contributed by atoms with Gasteiger partial charge < -0.3 is 4.74 Å². The molecule has 1 aliphatic rings. The van der Waals surface area contributed by atoms with E-state index in [2.05, 4.69) is 47.1 Å². The van der Waals surface area contributed by atoms with Gasteiger partial charge in [-0.2, -0.15) is 0 Å². The van der Waals surface area contributed by atoms with Crippen molar-refractivity contribution < 1.29 is 19.1 Å². The minimum atomic E-state index is -0.729. The number of fused-ring (bicyclic) bond motifs is 1. The lowest BCUT2D eigenvalue weighted by molar-refractivity contribution is -0.121. The minimum absolute atomic E-state index is 0.130. The standard InChI is InChI=1S/C35H25BrN2O4/c1-23-16-18-25-10-8-9-15-28(25)30(23)22-42-32-19-17-24(21-31(32)36)20-29-33(39)37(26-11-4-2-5-12-26)35(41)38(34(29)40)27-13-6-3-7-14-27/h2-21H,22H2,1H3. The number of urea groups is 1. The number of amides is 4. The zero-order valence-electron chi connectivity index (χ0n) is 22.7. The van der Waals surface area contributed by atoms with E-state index >= 15 is 0 Å². The summed E-state index contributed by atoms with van der Waals surface area (Å²) >= 11 is 3.59. The van der Waals surface area contributed by atoms with Crippen molar-refractivity contribution in [3.05, 3.63) is 142 Å². The van der Waals surface area contributed by atoms with Crippen molar-refractivity contribution in [3.63, 3.8) is 0 Å². The zero-order chi connectivity index (χ0) is 29.2. The second kappa shape index (κ2) is 11.5. The summed E-state index contributed by atoms with van der Waals surface area (Å²) in [6.07, 6.45) is 1.51. The van der Waals surface area contributed by atoms with Gasteiger partial charge in [0.1, 0.15) is 17.9 Å². The lowest BCUT2D eigenvalue weighted by Crippen LogP contribution is -2.57. The highest BCUT2D eigenvalue weighted by Gasteiger charge is 2.43. The summed E-state index contributed by atoms with van der Waals surface area (Å²) in [6, 6.07) is 34.2. The maximum Gasteiger partial charge on any atom is 0.343 e. The van der Waals surface area contributed by atoms with Crippen molar-refractivity contribution in [1.29, 1.82) is 0 Å². The molecule has 4 amide bonds. The smallest absolute Gasteiger partial charge is 0.343 e. The molecule has 1 heterocycles. The topological polar surface area (TPSA) is 66.9 Å². The van der Waals surface area contributed by atoms with Crippen LogP contribution in [-0.4, -0.2) is 17.8 Å². The Morgan fingerprint density at radius 3 is 1.93 bits per heavy atom. The van der Waals surface area contributed by atoms with Gasteiger partial charge in [0, 0.05) is 5.56 Å². The van der Waals surface area contributed by atoms with Crippen LogP contribution in [0.3, 0.4) is 0 Å². The number of anilines is 2. The molecule has 0 spiro atoms. The monoisotopic (exact) mass is 616 g/mol. The van der Waals surface area contributed by atoms with E-state index in [9.17, 15) is 14.4 Å². The van der Waals surface area contributed by atoms with Crippen LogP contribution in [0.5, 0.6) is 5.75 Å². The fourth-order valence-electron chi connectivity index (χ4n) is 5.02. The van der Waals surface area contributed by atoms with Gasteiger partial charge in [-0.1, -0.05) is 78.9 Å². The molecule has 0 unspecified atom stereocenters. The molecule has 206 valence electrons. The Balaban J connectivity index is 1.32. The van der Waals surface area contributed by atoms with E-state index in [1.54, 1.807) is 78.9 Å².